The second-order valence-corrected chi connectivity index (χ2v) is 10.1. The van der Waals surface area contributed by atoms with Crippen LogP contribution < -0.4 is 15.7 Å². The number of aryl methyl sites for hydroxylation is 1. The Bertz CT molecular complexity index is 1130. The van der Waals surface area contributed by atoms with Crippen LogP contribution in [0.15, 0.2) is 114 Å². The lowest BCUT2D eigenvalue weighted by Crippen LogP contribution is -2.29. The molecular formula is C29H29N2P. The highest BCUT2D eigenvalue weighted by Crippen LogP contribution is 2.32. The third-order valence-corrected chi connectivity index (χ3v) is 7.43. The van der Waals surface area contributed by atoms with Crippen LogP contribution in [-0.4, -0.2) is 5.84 Å². The van der Waals surface area contributed by atoms with Crippen LogP contribution in [0.25, 0.3) is 0 Å². The zero-order chi connectivity index (χ0) is 22.3. The Labute approximate surface area is 192 Å². The second-order valence-electron chi connectivity index (χ2n) is 8.16. The number of benzene rings is 4. The van der Waals surface area contributed by atoms with E-state index in [0.717, 1.165) is 17.1 Å². The van der Waals surface area contributed by atoms with Crippen molar-refractivity contribution in [2.24, 2.45) is 4.99 Å². The number of hydrogen-bond acceptors (Lipinski definition) is 1. The minimum absolute atomic E-state index is 0.402. The van der Waals surface area contributed by atoms with Crippen LogP contribution in [0.1, 0.15) is 36.5 Å². The van der Waals surface area contributed by atoms with E-state index in [2.05, 4.69) is 135 Å². The third-order valence-electron chi connectivity index (χ3n) is 5.36. The minimum atomic E-state index is -0.823. The average Bonchev–Trinajstić information content (AvgIpc) is 2.83. The summed E-state index contributed by atoms with van der Waals surface area (Å²) < 4.78 is 0. The van der Waals surface area contributed by atoms with Gasteiger partial charge in [0.15, 0.2) is 0 Å². The first kappa shape index (κ1) is 22.0. The van der Waals surface area contributed by atoms with E-state index in [9.17, 15) is 0 Å². The molecule has 0 aliphatic heterocycles. The predicted molar refractivity (Wildman–Crippen MR) is 140 cm³/mol. The van der Waals surface area contributed by atoms with Crippen LogP contribution in [0, 0.1) is 6.92 Å². The van der Waals surface area contributed by atoms with E-state index >= 15 is 0 Å². The fraction of sp³-hybridized carbons (Fsp3) is 0.138. The van der Waals surface area contributed by atoms with Crippen molar-refractivity contribution in [3.8, 4) is 0 Å². The van der Waals surface area contributed by atoms with Gasteiger partial charge >= 0.3 is 0 Å². The molecule has 1 N–H and O–H groups in total. The summed E-state index contributed by atoms with van der Waals surface area (Å²) in [5.41, 5.74) is 4.60. The van der Waals surface area contributed by atoms with E-state index in [1.165, 1.54) is 21.7 Å². The second kappa shape index (κ2) is 10.4. The quantitative estimate of drug-likeness (QED) is 0.200. The van der Waals surface area contributed by atoms with Gasteiger partial charge in [0, 0.05) is 16.2 Å². The predicted octanol–water partition coefficient (Wildman–Crippen LogP) is 6.83. The summed E-state index contributed by atoms with van der Waals surface area (Å²) in [6.45, 7) is 6.55. The van der Waals surface area contributed by atoms with E-state index in [0.29, 0.717) is 5.92 Å². The van der Waals surface area contributed by atoms with Gasteiger partial charge in [0.25, 0.3) is 0 Å². The average molecular weight is 437 g/mol. The van der Waals surface area contributed by atoms with Gasteiger partial charge < -0.3 is 5.09 Å². The maximum Gasteiger partial charge on any atom is 0.137 e. The number of amidine groups is 1. The molecule has 0 aliphatic carbocycles. The van der Waals surface area contributed by atoms with E-state index in [4.69, 9.17) is 4.99 Å². The molecular weight excluding hydrogens is 407 g/mol. The van der Waals surface area contributed by atoms with Gasteiger partial charge in [0.2, 0.25) is 0 Å². The van der Waals surface area contributed by atoms with Gasteiger partial charge in [0.05, 0.1) is 13.8 Å². The maximum atomic E-state index is 5.19. The first-order valence-corrected chi connectivity index (χ1v) is 12.4. The summed E-state index contributed by atoms with van der Waals surface area (Å²) >= 11 is 0. The number of para-hydroxylation sites is 1. The van der Waals surface area contributed by atoms with Crippen molar-refractivity contribution in [2.45, 2.75) is 26.7 Å². The van der Waals surface area contributed by atoms with Crippen molar-refractivity contribution in [2.75, 3.05) is 0 Å². The van der Waals surface area contributed by atoms with Gasteiger partial charge in [0.1, 0.15) is 5.84 Å². The summed E-state index contributed by atoms with van der Waals surface area (Å²) in [6.07, 6.45) is 0. The summed E-state index contributed by atoms with van der Waals surface area (Å²) in [7, 11) is -0.823. The Hall–Kier alpha value is -3.22. The van der Waals surface area contributed by atoms with Crippen molar-refractivity contribution >= 4 is 30.2 Å². The number of aliphatic imine (C=N–C) groups is 1. The zero-order valence-corrected chi connectivity index (χ0v) is 19.8. The molecule has 2 nitrogen and oxygen atoms in total. The van der Waals surface area contributed by atoms with Crippen LogP contribution in [-0.2, 0) is 0 Å². The molecule has 0 amide bonds. The molecule has 0 heterocycles. The highest BCUT2D eigenvalue weighted by molar-refractivity contribution is 7.71. The highest BCUT2D eigenvalue weighted by atomic mass is 31.1. The summed E-state index contributed by atoms with van der Waals surface area (Å²) in [5, 5.41) is 6.39. The lowest BCUT2D eigenvalue weighted by atomic mass is 10.0. The lowest BCUT2D eigenvalue weighted by molar-refractivity contribution is 0.867. The van der Waals surface area contributed by atoms with Crippen LogP contribution in [0.2, 0.25) is 0 Å². The summed E-state index contributed by atoms with van der Waals surface area (Å²) in [5.74, 6) is 1.30. The topological polar surface area (TPSA) is 24.4 Å². The van der Waals surface area contributed by atoms with Crippen LogP contribution >= 0.6 is 8.07 Å². The molecule has 0 aromatic heterocycles. The van der Waals surface area contributed by atoms with Crippen molar-refractivity contribution in [1.29, 1.82) is 0 Å². The molecule has 0 unspecified atom stereocenters. The van der Waals surface area contributed by atoms with Gasteiger partial charge in [-0.2, -0.15) is 0 Å². The highest BCUT2D eigenvalue weighted by Gasteiger charge is 2.17. The first-order valence-electron chi connectivity index (χ1n) is 11.0. The molecule has 0 radical (unpaired) electrons. The Morgan fingerprint density at radius 1 is 0.688 bits per heavy atom. The van der Waals surface area contributed by atoms with E-state index in [1.54, 1.807) is 0 Å². The van der Waals surface area contributed by atoms with Crippen molar-refractivity contribution in [1.82, 2.24) is 5.09 Å². The molecule has 32 heavy (non-hydrogen) atoms. The van der Waals surface area contributed by atoms with Crippen molar-refractivity contribution in [3.05, 3.63) is 126 Å². The lowest BCUT2D eigenvalue weighted by Gasteiger charge is -2.23. The molecule has 3 heteroatoms. The fourth-order valence-electron chi connectivity index (χ4n) is 3.60. The molecule has 0 aliphatic rings. The molecule has 0 atom stereocenters. The zero-order valence-electron chi connectivity index (χ0n) is 18.9. The van der Waals surface area contributed by atoms with E-state index in [1.807, 2.05) is 0 Å². The monoisotopic (exact) mass is 436 g/mol. The Kier molecular flexibility index (Phi) is 7.14. The van der Waals surface area contributed by atoms with Crippen molar-refractivity contribution in [3.63, 3.8) is 0 Å². The molecule has 4 aromatic carbocycles. The molecule has 4 rings (SSSR count). The summed E-state index contributed by atoms with van der Waals surface area (Å²) in [4.78, 5) is 5.19. The first-order chi connectivity index (χ1) is 15.6. The van der Waals surface area contributed by atoms with Crippen LogP contribution in [0.3, 0.4) is 0 Å². The van der Waals surface area contributed by atoms with Gasteiger partial charge in [-0.25, -0.2) is 4.99 Å². The van der Waals surface area contributed by atoms with Gasteiger partial charge in [-0.05, 0) is 24.5 Å². The Morgan fingerprint density at radius 3 is 1.78 bits per heavy atom. The number of nitrogens with zero attached hydrogens (tertiary/aromatic N) is 1. The summed E-state index contributed by atoms with van der Waals surface area (Å²) in [6, 6.07) is 38.4. The minimum Gasteiger partial charge on any atom is -0.341 e. The van der Waals surface area contributed by atoms with Gasteiger partial charge in [-0.3, -0.25) is 0 Å². The molecule has 0 fully saturated rings. The number of hydrogen-bond donors (Lipinski definition) is 1. The van der Waals surface area contributed by atoms with Gasteiger partial charge in [-0.1, -0.05) is 123 Å². The van der Waals surface area contributed by atoms with Gasteiger partial charge in [-0.15, -0.1) is 0 Å². The van der Waals surface area contributed by atoms with E-state index in [-0.39, 0.29) is 0 Å². The molecule has 160 valence electrons. The molecule has 0 spiro atoms. The van der Waals surface area contributed by atoms with Crippen molar-refractivity contribution < 1.29 is 0 Å². The molecule has 4 aromatic rings. The smallest absolute Gasteiger partial charge is 0.137 e. The largest absolute Gasteiger partial charge is 0.341 e. The maximum absolute atomic E-state index is 5.19. The Balaban J connectivity index is 1.83. The SMILES string of the molecule is Cc1ccc(C(=Nc2ccccc2C(C)C)NP(c2ccccc2)c2ccccc2)cc1. The number of nitrogens with one attached hydrogen (secondary N) is 1. The third kappa shape index (κ3) is 5.33. The molecule has 0 bridgehead atoms. The number of rotatable bonds is 6. The van der Waals surface area contributed by atoms with Crippen LogP contribution in [0.5, 0.6) is 0 Å². The van der Waals surface area contributed by atoms with Crippen LogP contribution in [0.4, 0.5) is 5.69 Å². The Morgan fingerprint density at radius 2 is 1.22 bits per heavy atom. The molecule has 0 saturated carbocycles. The van der Waals surface area contributed by atoms with E-state index < -0.39 is 8.07 Å². The standard InChI is InChI=1S/C29H29N2P/c1-22(2)27-16-10-11-17-28(27)30-29(24-20-18-23(3)19-21-24)31-32(25-12-6-4-7-13-25)26-14-8-5-9-15-26/h4-22H,1-3H3,(H,30,31). The molecule has 0 saturated heterocycles. The normalized spacial score (nSPS) is 11.7. The fourth-order valence-corrected chi connectivity index (χ4v) is 5.49.